The zero-order chi connectivity index (χ0) is 29.8. The number of hydrogen-bond acceptors (Lipinski definition) is 2. The van der Waals surface area contributed by atoms with E-state index in [9.17, 15) is 0 Å². The van der Waals surface area contributed by atoms with Gasteiger partial charge in [0.05, 0.1) is 5.41 Å². The minimum absolute atomic E-state index is 0.114. The fourth-order valence-corrected chi connectivity index (χ4v) is 8.85. The first kappa shape index (κ1) is 29.9. The van der Waals surface area contributed by atoms with Crippen molar-refractivity contribution < 1.29 is 4.58 Å². The molecule has 0 radical (unpaired) electrons. The highest BCUT2D eigenvalue weighted by molar-refractivity contribution is 7.11. The summed E-state index contributed by atoms with van der Waals surface area (Å²) < 4.78 is 2.69. The van der Waals surface area contributed by atoms with Crippen LogP contribution in [0.5, 0.6) is 0 Å². The Labute approximate surface area is 263 Å². The highest BCUT2D eigenvalue weighted by atomic mass is 32.1. The van der Waals surface area contributed by atoms with Crippen LogP contribution in [0.3, 0.4) is 0 Å². The average Bonchev–Trinajstić information content (AvgIpc) is 3.75. The summed E-state index contributed by atoms with van der Waals surface area (Å²) in [6.07, 6.45) is 15.6. The van der Waals surface area contributed by atoms with Crippen LogP contribution in [-0.2, 0) is 11.8 Å². The number of fused-ring (bicyclic) bond motifs is 3. The van der Waals surface area contributed by atoms with Crippen LogP contribution < -0.4 is 4.90 Å². The van der Waals surface area contributed by atoms with E-state index in [0.29, 0.717) is 0 Å². The van der Waals surface area contributed by atoms with Gasteiger partial charge in [0, 0.05) is 59.1 Å². The van der Waals surface area contributed by atoms with E-state index in [1.807, 2.05) is 11.3 Å². The molecule has 1 atom stereocenters. The van der Waals surface area contributed by atoms with Gasteiger partial charge in [0.2, 0.25) is 5.69 Å². The maximum atomic E-state index is 2.69. The molecule has 4 aromatic rings. The smallest absolute Gasteiger partial charge is 0.210 e. The van der Waals surface area contributed by atoms with E-state index in [4.69, 9.17) is 0 Å². The van der Waals surface area contributed by atoms with Crippen molar-refractivity contribution in [1.29, 1.82) is 0 Å². The van der Waals surface area contributed by atoms with Gasteiger partial charge >= 0.3 is 0 Å². The molecule has 2 aliphatic rings. The normalized spacial score (nSPS) is 18.8. The summed E-state index contributed by atoms with van der Waals surface area (Å²) in [5, 5.41) is 2.74. The minimum atomic E-state index is -0.114. The van der Waals surface area contributed by atoms with Crippen molar-refractivity contribution in [3.05, 3.63) is 99.8 Å². The second kappa shape index (κ2) is 13.2. The van der Waals surface area contributed by atoms with Crippen LogP contribution in [0.15, 0.2) is 78.9 Å². The number of anilines is 1. The van der Waals surface area contributed by atoms with Gasteiger partial charge in [-0.25, -0.2) is 0 Å². The standard InChI is InChI=1S/C40H49N2S/c1-5-41(6-2)34-23-19-32(20-24-34)21-27-38-40(4,29-35-25-18-30(3)43-35)39-36-17-10-9-16-33(36)22-26-37(39)42(38)28-12-11-15-31-13-7-8-14-31/h9-10,16-27,31H,5-8,11-15,28-29H2,1-4H3/q+1. The molecule has 2 nitrogen and oxygen atoms in total. The first-order chi connectivity index (χ1) is 21.0. The molecule has 0 saturated heterocycles. The van der Waals surface area contributed by atoms with E-state index < -0.39 is 0 Å². The van der Waals surface area contributed by atoms with E-state index in [1.165, 1.54) is 93.7 Å². The third-order valence-electron chi connectivity index (χ3n) is 10.1. The average molecular weight is 590 g/mol. The largest absolute Gasteiger partial charge is 0.372 e. The van der Waals surface area contributed by atoms with Gasteiger partial charge in [-0.1, -0.05) is 68.5 Å². The first-order valence-electron chi connectivity index (χ1n) is 16.8. The molecule has 224 valence electrons. The molecule has 3 heteroatoms. The molecule has 1 saturated carbocycles. The van der Waals surface area contributed by atoms with E-state index in [1.54, 1.807) is 0 Å². The summed E-state index contributed by atoms with van der Waals surface area (Å²) in [6.45, 7) is 12.4. The second-order valence-corrected chi connectivity index (χ2v) is 14.4. The molecule has 0 amide bonds. The van der Waals surface area contributed by atoms with Gasteiger partial charge < -0.3 is 4.90 Å². The second-order valence-electron chi connectivity index (χ2n) is 13.0. The molecule has 43 heavy (non-hydrogen) atoms. The van der Waals surface area contributed by atoms with Crippen molar-refractivity contribution in [2.45, 2.75) is 84.5 Å². The zero-order valence-corrected chi connectivity index (χ0v) is 27.6. The lowest BCUT2D eigenvalue weighted by Gasteiger charge is -2.23. The van der Waals surface area contributed by atoms with Gasteiger partial charge in [-0.2, -0.15) is 4.58 Å². The van der Waals surface area contributed by atoms with Crippen molar-refractivity contribution in [1.82, 2.24) is 0 Å². The van der Waals surface area contributed by atoms with E-state index in [-0.39, 0.29) is 5.41 Å². The van der Waals surface area contributed by atoms with Crippen LogP contribution in [0.1, 0.15) is 86.6 Å². The van der Waals surface area contributed by atoms with Crippen LogP contribution in [0.2, 0.25) is 0 Å². The number of rotatable bonds is 12. The molecule has 0 N–H and O–H groups in total. The number of hydrogen-bond donors (Lipinski definition) is 0. The van der Waals surface area contributed by atoms with Crippen molar-refractivity contribution in [2.24, 2.45) is 5.92 Å². The van der Waals surface area contributed by atoms with Gasteiger partial charge in [-0.05, 0) is 92.8 Å². The first-order valence-corrected chi connectivity index (χ1v) is 17.6. The number of thiophene rings is 1. The predicted molar refractivity (Wildman–Crippen MR) is 189 cm³/mol. The summed E-state index contributed by atoms with van der Waals surface area (Å²) in [7, 11) is 0. The zero-order valence-electron chi connectivity index (χ0n) is 26.7. The van der Waals surface area contributed by atoms with E-state index in [0.717, 1.165) is 32.0 Å². The van der Waals surface area contributed by atoms with Gasteiger partial charge in [-0.3, -0.25) is 0 Å². The lowest BCUT2D eigenvalue weighted by Crippen LogP contribution is -2.33. The minimum Gasteiger partial charge on any atom is -0.372 e. The van der Waals surface area contributed by atoms with E-state index >= 15 is 0 Å². The molecule has 6 rings (SSSR count). The Balaban J connectivity index is 1.40. The Morgan fingerprint density at radius 3 is 2.37 bits per heavy atom. The number of unbranched alkanes of at least 4 members (excludes halogenated alkanes) is 1. The number of nitrogens with zero attached hydrogens (tertiary/aromatic N) is 2. The Bertz CT molecular complexity index is 1600. The molecular weight excluding hydrogens is 541 g/mol. The lowest BCUT2D eigenvalue weighted by atomic mass is 9.74. The van der Waals surface area contributed by atoms with Crippen LogP contribution in [0.25, 0.3) is 16.8 Å². The van der Waals surface area contributed by atoms with Crippen molar-refractivity contribution in [2.75, 3.05) is 24.5 Å². The molecule has 0 bridgehead atoms. The molecule has 1 fully saturated rings. The van der Waals surface area contributed by atoms with E-state index in [2.05, 4.69) is 122 Å². The maximum absolute atomic E-state index is 2.69. The Morgan fingerprint density at radius 1 is 0.884 bits per heavy atom. The van der Waals surface area contributed by atoms with Crippen LogP contribution >= 0.6 is 11.3 Å². The highest BCUT2D eigenvalue weighted by Gasteiger charge is 2.49. The molecule has 0 spiro atoms. The summed E-state index contributed by atoms with van der Waals surface area (Å²) in [6, 6.07) is 27.6. The van der Waals surface area contributed by atoms with Crippen molar-refractivity contribution >= 4 is 45.3 Å². The SMILES string of the molecule is CCN(CC)c1ccc(C=CC2=[N+](CCCCC3CCCC3)c3ccc4ccccc4c3C2(C)Cc2ccc(C)s2)cc1. The summed E-state index contributed by atoms with van der Waals surface area (Å²) in [4.78, 5) is 5.27. The molecule has 1 aliphatic carbocycles. The quantitative estimate of drug-likeness (QED) is 0.118. The van der Waals surface area contributed by atoms with Gasteiger partial charge in [0.15, 0.2) is 5.71 Å². The lowest BCUT2D eigenvalue weighted by molar-refractivity contribution is -0.438. The number of allylic oxidation sites excluding steroid dienone is 1. The van der Waals surface area contributed by atoms with Crippen LogP contribution in [0.4, 0.5) is 11.4 Å². The summed E-state index contributed by atoms with van der Waals surface area (Å²) in [5.41, 5.74) is 6.81. The fourth-order valence-electron chi connectivity index (χ4n) is 7.81. The number of benzene rings is 3. The Hall–Kier alpha value is -3.17. The Morgan fingerprint density at radius 2 is 1.65 bits per heavy atom. The topological polar surface area (TPSA) is 6.25 Å². The van der Waals surface area contributed by atoms with Crippen LogP contribution in [0, 0.1) is 12.8 Å². The highest BCUT2D eigenvalue weighted by Crippen LogP contribution is 2.47. The molecular formula is C40H49N2S+. The van der Waals surface area contributed by atoms with Crippen LogP contribution in [-0.4, -0.2) is 29.9 Å². The maximum Gasteiger partial charge on any atom is 0.210 e. The van der Waals surface area contributed by atoms with Crippen molar-refractivity contribution in [3.63, 3.8) is 0 Å². The van der Waals surface area contributed by atoms with Gasteiger partial charge in [0.25, 0.3) is 0 Å². The van der Waals surface area contributed by atoms with Gasteiger partial charge in [0.1, 0.15) is 6.54 Å². The summed E-state index contributed by atoms with van der Waals surface area (Å²) >= 11 is 1.95. The summed E-state index contributed by atoms with van der Waals surface area (Å²) in [5.74, 6) is 0.963. The van der Waals surface area contributed by atoms with Crippen molar-refractivity contribution in [3.8, 4) is 0 Å². The third-order valence-corrected chi connectivity index (χ3v) is 11.1. The number of aryl methyl sites for hydroxylation is 1. The molecule has 1 unspecified atom stereocenters. The monoisotopic (exact) mass is 589 g/mol. The fraction of sp³-hybridized carbons (Fsp3) is 0.425. The third kappa shape index (κ3) is 6.25. The molecule has 3 aromatic carbocycles. The Kier molecular flexibility index (Phi) is 9.19. The predicted octanol–water partition coefficient (Wildman–Crippen LogP) is 10.7. The molecule has 1 aromatic heterocycles. The molecule has 2 heterocycles. The van der Waals surface area contributed by atoms with Gasteiger partial charge in [-0.15, -0.1) is 11.3 Å². The molecule has 1 aliphatic heterocycles.